The Balaban J connectivity index is 2.09. The highest BCUT2D eigenvalue weighted by molar-refractivity contribution is 9.10. The SMILES string of the molecule is CC(NS(C)(=O)=O)C(=O)N1CCc2cc(Br)ccc2C1. The number of rotatable bonds is 3. The Kier molecular flexibility index (Phi) is 4.51. The number of nitrogens with zero attached hydrogens (tertiary/aromatic N) is 1. The third-order valence-electron chi connectivity index (χ3n) is 3.25. The van der Waals surface area contributed by atoms with Gasteiger partial charge >= 0.3 is 0 Å². The summed E-state index contributed by atoms with van der Waals surface area (Å²) in [6, 6.07) is 5.27. The van der Waals surface area contributed by atoms with Crippen molar-refractivity contribution in [2.75, 3.05) is 12.8 Å². The molecule has 1 aliphatic rings. The molecule has 0 saturated carbocycles. The van der Waals surface area contributed by atoms with Crippen LogP contribution in [0.2, 0.25) is 0 Å². The normalized spacial score (nSPS) is 16.6. The van der Waals surface area contributed by atoms with Crippen LogP contribution in [0.25, 0.3) is 0 Å². The number of carbonyl (C=O) groups is 1. The molecule has 7 heteroatoms. The first-order valence-corrected chi connectivity index (χ1v) is 8.98. The van der Waals surface area contributed by atoms with Gasteiger partial charge in [-0.2, -0.15) is 0 Å². The lowest BCUT2D eigenvalue weighted by Crippen LogP contribution is -2.48. The van der Waals surface area contributed by atoms with Gasteiger partial charge in [-0.15, -0.1) is 0 Å². The number of amides is 1. The second kappa shape index (κ2) is 5.83. The minimum atomic E-state index is -3.38. The average Bonchev–Trinajstić information content (AvgIpc) is 2.35. The minimum absolute atomic E-state index is 0.191. The fourth-order valence-electron chi connectivity index (χ4n) is 2.36. The predicted molar refractivity (Wildman–Crippen MR) is 80.7 cm³/mol. The van der Waals surface area contributed by atoms with E-state index in [1.165, 1.54) is 5.56 Å². The number of hydrogen-bond acceptors (Lipinski definition) is 3. The standard InChI is InChI=1S/C13H17BrN2O3S/c1-9(15-20(2,18)19)13(17)16-6-5-10-7-12(14)4-3-11(10)8-16/h3-4,7,9,15H,5-6,8H2,1-2H3. The van der Waals surface area contributed by atoms with Crippen LogP contribution in [0.3, 0.4) is 0 Å². The predicted octanol–water partition coefficient (Wildman–Crippen LogP) is 1.27. The molecule has 1 atom stereocenters. The monoisotopic (exact) mass is 360 g/mol. The van der Waals surface area contributed by atoms with E-state index in [0.29, 0.717) is 13.1 Å². The van der Waals surface area contributed by atoms with E-state index in [9.17, 15) is 13.2 Å². The molecule has 0 bridgehead atoms. The molecule has 0 aliphatic carbocycles. The van der Waals surface area contributed by atoms with Crippen molar-refractivity contribution >= 4 is 31.9 Å². The smallest absolute Gasteiger partial charge is 0.240 e. The highest BCUT2D eigenvalue weighted by Crippen LogP contribution is 2.23. The summed E-state index contributed by atoms with van der Waals surface area (Å²) in [5.74, 6) is -0.191. The number of fused-ring (bicyclic) bond motifs is 1. The van der Waals surface area contributed by atoms with Crippen LogP contribution >= 0.6 is 15.9 Å². The fourth-order valence-corrected chi connectivity index (χ4v) is 3.51. The molecule has 0 radical (unpaired) electrons. The Labute approximate surface area is 127 Å². The molecule has 1 N–H and O–H groups in total. The first kappa shape index (κ1) is 15.5. The summed E-state index contributed by atoms with van der Waals surface area (Å²) < 4.78 is 25.7. The van der Waals surface area contributed by atoms with E-state index in [-0.39, 0.29) is 5.91 Å². The van der Waals surface area contributed by atoms with Gasteiger partial charge in [0.15, 0.2) is 0 Å². The molecule has 0 saturated heterocycles. The highest BCUT2D eigenvalue weighted by Gasteiger charge is 2.26. The number of nitrogens with one attached hydrogen (secondary N) is 1. The van der Waals surface area contributed by atoms with Gasteiger partial charge < -0.3 is 4.90 Å². The van der Waals surface area contributed by atoms with Crippen LogP contribution in [0, 0.1) is 0 Å². The Morgan fingerprint density at radius 3 is 2.75 bits per heavy atom. The third kappa shape index (κ3) is 3.80. The summed E-state index contributed by atoms with van der Waals surface area (Å²) in [7, 11) is -3.38. The van der Waals surface area contributed by atoms with Gasteiger partial charge in [0.25, 0.3) is 0 Å². The van der Waals surface area contributed by atoms with E-state index >= 15 is 0 Å². The Morgan fingerprint density at radius 1 is 1.40 bits per heavy atom. The first-order valence-electron chi connectivity index (χ1n) is 6.29. The molecule has 0 fully saturated rings. The van der Waals surface area contributed by atoms with E-state index in [0.717, 1.165) is 22.7 Å². The van der Waals surface area contributed by atoms with Crippen LogP contribution in [0.15, 0.2) is 22.7 Å². The Hall–Kier alpha value is -0.920. The summed E-state index contributed by atoms with van der Waals surface area (Å²) >= 11 is 3.43. The summed E-state index contributed by atoms with van der Waals surface area (Å²) in [5, 5.41) is 0. The molecule has 110 valence electrons. The molecule has 1 heterocycles. The molecule has 1 aliphatic heterocycles. The third-order valence-corrected chi connectivity index (χ3v) is 4.53. The molecule has 20 heavy (non-hydrogen) atoms. The number of benzene rings is 1. The van der Waals surface area contributed by atoms with Crippen molar-refractivity contribution in [3.63, 3.8) is 0 Å². The quantitative estimate of drug-likeness (QED) is 0.882. The van der Waals surface area contributed by atoms with Crippen molar-refractivity contribution in [1.82, 2.24) is 9.62 Å². The molecule has 1 unspecified atom stereocenters. The molecule has 0 aromatic heterocycles. The number of carbonyl (C=O) groups excluding carboxylic acids is 1. The maximum Gasteiger partial charge on any atom is 0.240 e. The lowest BCUT2D eigenvalue weighted by Gasteiger charge is -2.31. The van der Waals surface area contributed by atoms with Crippen LogP contribution in [0.4, 0.5) is 0 Å². The van der Waals surface area contributed by atoms with Crippen LogP contribution in [0.1, 0.15) is 18.1 Å². The van der Waals surface area contributed by atoms with Gasteiger partial charge in [0.2, 0.25) is 15.9 Å². The zero-order valence-corrected chi connectivity index (χ0v) is 13.8. The molecular formula is C13H17BrN2O3S. The Bertz CT molecular complexity index is 631. The number of sulfonamides is 1. The lowest BCUT2D eigenvalue weighted by molar-refractivity contribution is -0.133. The number of halogens is 1. The summed E-state index contributed by atoms with van der Waals surface area (Å²) in [5.41, 5.74) is 2.34. The molecule has 5 nitrogen and oxygen atoms in total. The highest BCUT2D eigenvalue weighted by atomic mass is 79.9. The summed E-state index contributed by atoms with van der Waals surface area (Å²) in [6.45, 7) is 2.70. The number of hydrogen-bond donors (Lipinski definition) is 1. The van der Waals surface area contributed by atoms with E-state index in [2.05, 4.69) is 26.7 Å². The van der Waals surface area contributed by atoms with Crippen LogP contribution in [-0.2, 0) is 27.8 Å². The molecule has 1 amide bonds. The molecule has 0 spiro atoms. The van der Waals surface area contributed by atoms with Gasteiger partial charge in [-0.3, -0.25) is 4.79 Å². The molecule has 1 aromatic carbocycles. The first-order chi connectivity index (χ1) is 9.26. The zero-order valence-electron chi connectivity index (χ0n) is 11.4. The topological polar surface area (TPSA) is 66.5 Å². The van der Waals surface area contributed by atoms with Crippen molar-refractivity contribution in [3.8, 4) is 0 Å². The largest absolute Gasteiger partial charge is 0.337 e. The molecular weight excluding hydrogens is 344 g/mol. The lowest BCUT2D eigenvalue weighted by atomic mass is 9.99. The van der Waals surface area contributed by atoms with E-state index in [4.69, 9.17) is 0 Å². The summed E-state index contributed by atoms with van der Waals surface area (Å²) in [4.78, 5) is 13.9. The second-order valence-corrected chi connectivity index (χ2v) is 7.73. The van der Waals surface area contributed by atoms with Crippen molar-refractivity contribution < 1.29 is 13.2 Å². The van der Waals surface area contributed by atoms with Gasteiger partial charge in [-0.05, 0) is 36.6 Å². The maximum absolute atomic E-state index is 12.2. The van der Waals surface area contributed by atoms with Gasteiger partial charge in [0, 0.05) is 17.6 Å². The maximum atomic E-state index is 12.2. The van der Waals surface area contributed by atoms with Crippen molar-refractivity contribution in [2.45, 2.75) is 25.9 Å². The van der Waals surface area contributed by atoms with Gasteiger partial charge in [0.05, 0.1) is 12.3 Å². The zero-order chi connectivity index (χ0) is 14.9. The van der Waals surface area contributed by atoms with Gasteiger partial charge in [0.1, 0.15) is 0 Å². The van der Waals surface area contributed by atoms with Crippen molar-refractivity contribution in [1.29, 1.82) is 0 Å². The van der Waals surface area contributed by atoms with E-state index in [1.54, 1.807) is 11.8 Å². The van der Waals surface area contributed by atoms with Gasteiger partial charge in [-0.1, -0.05) is 22.0 Å². The Morgan fingerprint density at radius 2 is 2.10 bits per heavy atom. The fraction of sp³-hybridized carbons (Fsp3) is 0.462. The van der Waals surface area contributed by atoms with Crippen LogP contribution < -0.4 is 4.72 Å². The van der Waals surface area contributed by atoms with Crippen molar-refractivity contribution in [2.24, 2.45) is 0 Å². The minimum Gasteiger partial charge on any atom is -0.337 e. The molecule has 2 rings (SSSR count). The van der Waals surface area contributed by atoms with Crippen molar-refractivity contribution in [3.05, 3.63) is 33.8 Å². The summed E-state index contributed by atoms with van der Waals surface area (Å²) in [6.07, 6.45) is 1.84. The second-order valence-electron chi connectivity index (χ2n) is 5.03. The van der Waals surface area contributed by atoms with Crippen LogP contribution in [-0.4, -0.2) is 38.1 Å². The van der Waals surface area contributed by atoms with E-state index < -0.39 is 16.1 Å². The molecule has 1 aromatic rings. The van der Waals surface area contributed by atoms with Crippen LogP contribution in [0.5, 0.6) is 0 Å². The van der Waals surface area contributed by atoms with E-state index in [1.807, 2.05) is 12.1 Å². The van der Waals surface area contributed by atoms with Gasteiger partial charge in [-0.25, -0.2) is 13.1 Å². The average molecular weight is 361 g/mol.